The quantitative estimate of drug-likeness (QED) is 0.624. The van der Waals surface area contributed by atoms with E-state index in [-0.39, 0.29) is 6.42 Å². The minimum atomic E-state index is -1.56. The number of aryl methyl sites for hydroxylation is 1. The van der Waals surface area contributed by atoms with E-state index >= 15 is 0 Å². The van der Waals surface area contributed by atoms with Gasteiger partial charge in [0.05, 0.1) is 6.61 Å². The number of hydrogen-bond donors (Lipinski definition) is 3. The molecule has 82 valence electrons. The lowest BCUT2D eigenvalue weighted by Gasteiger charge is -2.21. The van der Waals surface area contributed by atoms with Gasteiger partial charge in [0.25, 0.3) is 0 Å². The van der Waals surface area contributed by atoms with E-state index < -0.39 is 18.1 Å². The predicted molar refractivity (Wildman–Crippen MR) is 54.2 cm³/mol. The highest BCUT2D eigenvalue weighted by molar-refractivity contribution is 5.78. The number of aliphatic carboxylic acids is 1. The van der Waals surface area contributed by atoms with Crippen LogP contribution in [0.2, 0.25) is 0 Å². The molecule has 0 bridgehead atoms. The van der Waals surface area contributed by atoms with Crippen LogP contribution in [-0.2, 0) is 11.2 Å². The van der Waals surface area contributed by atoms with Crippen molar-refractivity contribution in [1.29, 1.82) is 0 Å². The van der Waals surface area contributed by atoms with Gasteiger partial charge in [-0.2, -0.15) is 0 Å². The van der Waals surface area contributed by atoms with Gasteiger partial charge in [0.15, 0.2) is 0 Å². The summed E-state index contributed by atoms with van der Waals surface area (Å²) in [6.07, 6.45) is 3.96. The number of rotatable bonds is 5. The first-order chi connectivity index (χ1) is 7.08. The molecule has 0 fully saturated rings. The third-order valence-electron chi connectivity index (χ3n) is 2.29. The molecule has 0 saturated carbocycles. The molecular weight excluding hydrogens is 196 g/mol. The van der Waals surface area contributed by atoms with Crippen LogP contribution in [0.4, 0.5) is 0 Å². The van der Waals surface area contributed by atoms with Crippen LogP contribution < -0.4 is 5.73 Å². The summed E-state index contributed by atoms with van der Waals surface area (Å²) in [7, 11) is 0. The summed E-state index contributed by atoms with van der Waals surface area (Å²) in [5, 5.41) is 17.7. The Kier molecular flexibility index (Phi) is 3.76. The Labute approximate surface area is 87.6 Å². The monoisotopic (exact) mass is 210 g/mol. The molecule has 4 N–H and O–H groups in total. The molecule has 0 aliphatic carbocycles. The van der Waals surface area contributed by atoms with Gasteiger partial charge in [0, 0.05) is 12.4 Å². The van der Waals surface area contributed by atoms with E-state index in [2.05, 4.69) is 4.98 Å². The number of carboxylic acid groups (broad SMARTS) is 1. The minimum Gasteiger partial charge on any atom is -0.480 e. The summed E-state index contributed by atoms with van der Waals surface area (Å²) in [4.78, 5) is 14.7. The Balaban J connectivity index is 2.59. The average Bonchev–Trinajstić information content (AvgIpc) is 2.27. The third kappa shape index (κ3) is 3.00. The molecule has 15 heavy (non-hydrogen) atoms. The number of nitrogens with zero attached hydrogens (tertiary/aromatic N) is 1. The third-order valence-corrected chi connectivity index (χ3v) is 2.29. The van der Waals surface area contributed by atoms with Gasteiger partial charge in [-0.1, -0.05) is 6.07 Å². The zero-order valence-corrected chi connectivity index (χ0v) is 8.26. The lowest BCUT2D eigenvalue weighted by molar-refractivity contribution is -0.145. The second-order valence-corrected chi connectivity index (χ2v) is 3.48. The molecule has 0 aliphatic heterocycles. The second kappa shape index (κ2) is 4.86. The Morgan fingerprint density at radius 3 is 2.80 bits per heavy atom. The number of aliphatic hydroxyl groups excluding tert-OH is 1. The first-order valence-electron chi connectivity index (χ1n) is 4.60. The molecule has 1 aromatic heterocycles. The van der Waals surface area contributed by atoms with Crippen LogP contribution in [0.25, 0.3) is 0 Å². The fraction of sp³-hybridized carbons (Fsp3) is 0.400. The Morgan fingerprint density at radius 2 is 2.33 bits per heavy atom. The predicted octanol–water partition coefficient (Wildman–Crippen LogP) is -0.211. The highest BCUT2D eigenvalue weighted by Crippen LogP contribution is 2.11. The van der Waals surface area contributed by atoms with Crippen molar-refractivity contribution in [2.75, 3.05) is 6.61 Å². The Hall–Kier alpha value is -1.46. The lowest BCUT2D eigenvalue weighted by Crippen LogP contribution is -2.51. The maximum absolute atomic E-state index is 10.8. The van der Waals surface area contributed by atoms with E-state index in [1.807, 2.05) is 6.07 Å². The molecule has 0 spiro atoms. The fourth-order valence-corrected chi connectivity index (χ4v) is 1.17. The van der Waals surface area contributed by atoms with Crippen molar-refractivity contribution in [3.05, 3.63) is 30.1 Å². The van der Waals surface area contributed by atoms with Gasteiger partial charge >= 0.3 is 5.97 Å². The van der Waals surface area contributed by atoms with E-state index in [4.69, 9.17) is 15.9 Å². The maximum atomic E-state index is 10.8. The number of nitrogens with two attached hydrogens (primary N) is 1. The number of aliphatic hydroxyl groups is 1. The molecule has 1 heterocycles. The van der Waals surface area contributed by atoms with E-state index in [9.17, 15) is 4.79 Å². The van der Waals surface area contributed by atoms with Crippen LogP contribution in [0.3, 0.4) is 0 Å². The molecule has 1 unspecified atom stereocenters. The normalized spacial score (nSPS) is 14.5. The van der Waals surface area contributed by atoms with Crippen LogP contribution in [0.5, 0.6) is 0 Å². The number of hydrogen-bond acceptors (Lipinski definition) is 4. The van der Waals surface area contributed by atoms with E-state index in [1.165, 1.54) is 0 Å². The van der Waals surface area contributed by atoms with Crippen LogP contribution in [0, 0.1) is 0 Å². The maximum Gasteiger partial charge on any atom is 0.326 e. The minimum absolute atomic E-state index is 0.185. The van der Waals surface area contributed by atoms with E-state index in [0.717, 1.165) is 5.56 Å². The smallest absolute Gasteiger partial charge is 0.326 e. The van der Waals surface area contributed by atoms with Gasteiger partial charge in [-0.3, -0.25) is 9.78 Å². The highest BCUT2D eigenvalue weighted by atomic mass is 16.4. The molecule has 1 atom stereocenters. The van der Waals surface area contributed by atoms with Crippen molar-refractivity contribution in [2.24, 2.45) is 5.73 Å². The Bertz CT molecular complexity index is 329. The molecule has 5 heteroatoms. The van der Waals surface area contributed by atoms with Crippen molar-refractivity contribution >= 4 is 5.97 Å². The van der Waals surface area contributed by atoms with Gasteiger partial charge in [0.1, 0.15) is 5.54 Å². The zero-order chi connectivity index (χ0) is 11.3. The van der Waals surface area contributed by atoms with Gasteiger partial charge in [-0.25, -0.2) is 0 Å². The number of carboxylic acids is 1. The van der Waals surface area contributed by atoms with Crippen molar-refractivity contribution in [3.63, 3.8) is 0 Å². The van der Waals surface area contributed by atoms with Gasteiger partial charge < -0.3 is 15.9 Å². The average molecular weight is 210 g/mol. The molecular formula is C10H14N2O3. The van der Waals surface area contributed by atoms with Crippen molar-refractivity contribution in [3.8, 4) is 0 Å². The Morgan fingerprint density at radius 1 is 1.60 bits per heavy atom. The van der Waals surface area contributed by atoms with Gasteiger partial charge in [-0.05, 0) is 24.5 Å². The van der Waals surface area contributed by atoms with Crippen LogP contribution in [-0.4, -0.2) is 33.3 Å². The standard InChI is InChI=1S/C10H14N2O3/c11-10(7-13,9(14)15)4-3-8-2-1-5-12-6-8/h1-2,5-6,13H,3-4,7,11H2,(H,14,15). The molecule has 5 nitrogen and oxygen atoms in total. The van der Waals surface area contributed by atoms with Crippen molar-refractivity contribution < 1.29 is 15.0 Å². The van der Waals surface area contributed by atoms with Crippen LogP contribution in [0.1, 0.15) is 12.0 Å². The summed E-state index contributed by atoms with van der Waals surface area (Å²) in [6, 6.07) is 3.61. The summed E-state index contributed by atoms with van der Waals surface area (Å²) < 4.78 is 0. The molecule has 1 rings (SSSR count). The largest absolute Gasteiger partial charge is 0.480 e. The topological polar surface area (TPSA) is 96.4 Å². The number of carbonyl (C=O) groups is 1. The molecule has 0 aliphatic rings. The summed E-state index contributed by atoms with van der Waals surface area (Å²) >= 11 is 0. The summed E-state index contributed by atoms with van der Waals surface area (Å²) in [5.74, 6) is -1.19. The second-order valence-electron chi connectivity index (χ2n) is 3.48. The summed E-state index contributed by atoms with van der Waals surface area (Å²) in [5.41, 5.74) is 4.86. The van der Waals surface area contributed by atoms with E-state index in [1.54, 1.807) is 18.5 Å². The number of aromatic nitrogens is 1. The van der Waals surface area contributed by atoms with Gasteiger partial charge in [0.2, 0.25) is 0 Å². The molecule has 0 radical (unpaired) electrons. The number of pyridine rings is 1. The zero-order valence-electron chi connectivity index (χ0n) is 8.26. The van der Waals surface area contributed by atoms with Crippen molar-refractivity contribution in [2.45, 2.75) is 18.4 Å². The van der Waals surface area contributed by atoms with Crippen LogP contribution in [0.15, 0.2) is 24.5 Å². The first-order valence-corrected chi connectivity index (χ1v) is 4.60. The van der Waals surface area contributed by atoms with Crippen molar-refractivity contribution in [1.82, 2.24) is 4.98 Å². The summed E-state index contributed by atoms with van der Waals surface area (Å²) in [6.45, 7) is -0.567. The first kappa shape index (κ1) is 11.6. The van der Waals surface area contributed by atoms with E-state index in [0.29, 0.717) is 6.42 Å². The lowest BCUT2D eigenvalue weighted by atomic mass is 9.94. The van der Waals surface area contributed by atoms with Gasteiger partial charge in [-0.15, -0.1) is 0 Å². The van der Waals surface area contributed by atoms with Crippen LogP contribution >= 0.6 is 0 Å². The highest BCUT2D eigenvalue weighted by Gasteiger charge is 2.32. The molecule has 0 amide bonds. The molecule has 1 aromatic rings. The molecule has 0 saturated heterocycles. The fourth-order valence-electron chi connectivity index (χ4n) is 1.17. The SMILES string of the molecule is NC(CO)(CCc1cccnc1)C(=O)O. The molecule has 0 aromatic carbocycles.